The largest absolute Gasteiger partial charge is 0.465 e. The zero-order valence-electron chi connectivity index (χ0n) is 12.7. The molecule has 1 amide bonds. The van der Waals surface area contributed by atoms with E-state index in [1.54, 1.807) is 29.1 Å². The number of nitrogens with zero attached hydrogens (tertiary/aromatic N) is 2. The molecule has 0 saturated heterocycles. The van der Waals surface area contributed by atoms with Crippen LogP contribution in [0.25, 0.3) is 5.69 Å². The molecule has 6 nitrogen and oxygen atoms in total. The van der Waals surface area contributed by atoms with E-state index in [0.717, 1.165) is 11.3 Å². The monoisotopic (exact) mass is 321 g/mol. The van der Waals surface area contributed by atoms with Crippen LogP contribution in [-0.2, 0) is 6.42 Å². The van der Waals surface area contributed by atoms with Crippen LogP contribution in [0.1, 0.15) is 11.3 Å². The lowest BCUT2D eigenvalue weighted by atomic mass is 10.1. The van der Waals surface area contributed by atoms with Crippen molar-refractivity contribution in [2.45, 2.75) is 6.42 Å². The molecule has 0 bridgehead atoms. The SMILES string of the molecule is O=C(O)Nc1cccc(Cc2nn(-c3ccccc3)ccc2=O)c1. The predicted octanol–water partition coefficient (Wildman–Crippen LogP) is 2.91. The molecule has 0 saturated carbocycles. The molecule has 2 N–H and O–H groups in total. The van der Waals surface area contributed by atoms with E-state index in [9.17, 15) is 9.59 Å². The molecule has 0 aliphatic carbocycles. The molecule has 1 aromatic heterocycles. The minimum atomic E-state index is -1.13. The number of hydrogen-bond donors (Lipinski definition) is 2. The number of amides is 1. The molecule has 120 valence electrons. The van der Waals surface area contributed by atoms with E-state index in [2.05, 4.69) is 10.4 Å². The van der Waals surface area contributed by atoms with E-state index in [0.29, 0.717) is 17.8 Å². The summed E-state index contributed by atoms with van der Waals surface area (Å²) in [5, 5.41) is 15.5. The molecular weight excluding hydrogens is 306 g/mol. The van der Waals surface area contributed by atoms with Gasteiger partial charge in [0, 0.05) is 24.4 Å². The second-order valence-corrected chi connectivity index (χ2v) is 5.21. The second kappa shape index (κ2) is 6.78. The summed E-state index contributed by atoms with van der Waals surface area (Å²) < 4.78 is 1.65. The zero-order chi connectivity index (χ0) is 16.9. The standard InChI is InChI=1S/C18H15N3O3/c22-17-9-10-21(15-7-2-1-3-8-15)20-16(17)12-13-5-4-6-14(11-13)19-18(23)24/h1-11,19H,12H2,(H,23,24). The summed E-state index contributed by atoms with van der Waals surface area (Å²) in [6.45, 7) is 0. The van der Waals surface area contributed by atoms with Crippen molar-refractivity contribution in [3.05, 3.63) is 88.3 Å². The van der Waals surface area contributed by atoms with Gasteiger partial charge in [0.15, 0.2) is 0 Å². The third-order valence-electron chi connectivity index (χ3n) is 3.45. The van der Waals surface area contributed by atoms with E-state index in [-0.39, 0.29) is 5.43 Å². The third kappa shape index (κ3) is 3.67. The predicted molar refractivity (Wildman–Crippen MR) is 90.7 cm³/mol. The fraction of sp³-hybridized carbons (Fsp3) is 0.0556. The van der Waals surface area contributed by atoms with Crippen molar-refractivity contribution in [3.8, 4) is 5.69 Å². The van der Waals surface area contributed by atoms with Gasteiger partial charge in [0.25, 0.3) is 0 Å². The molecule has 6 heteroatoms. The molecule has 0 aliphatic heterocycles. The van der Waals surface area contributed by atoms with Crippen LogP contribution in [0.3, 0.4) is 0 Å². The average molecular weight is 321 g/mol. The Kier molecular flexibility index (Phi) is 4.38. The van der Waals surface area contributed by atoms with Gasteiger partial charge in [0.05, 0.1) is 5.69 Å². The maximum Gasteiger partial charge on any atom is 0.409 e. The van der Waals surface area contributed by atoms with Gasteiger partial charge < -0.3 is 5.11 Å². The van der Waals surface area contributed by atoms with Crippen LogP contribution in [0, 0.1) is 0 Å². The van der Waals surface area contributed by atoms with Crippen LogP contribution in [0.5, 0.6) is 0 Å². The smallest absolute Gasteiger partial charge is 0.409 e. The van der Waals surface area contributed by atoms with Gasteiger partial charge >= 0.3 is 6.09 Å². The quantitative estimate of drug-likeness (QED) is 0.774. The highest BCUT2D eigenvalue weighted by atomic mass is 16.4. The fourth-order valence-corrected chi connectivity index (χ4v) is 2.37. The van der Waals surface area contributed by atoms with Gasteiger partial charge in [-0.1, -0.05) is 30.3 Å². The summed E-state index contributed by atoms with van der Waals surface area (Å²) in [5.41, 5.74) is 2.36. The van der Waals surface area contributed by atoms with Crippen molar-refractivity contribution >= 4 is 11.8 Å². The normalized spacial score (nSPS) is 10.3. The van der Waals surface area contributed by atoms with Crippen LogP contribution in [0.4, 0.5) is 10.5 Å². The second-order valence-electron chi connectivity index (χ2n) is 5.21. The lowest BCUT2D eigenvalue weighted by Gasteiger charge is -2.08. The van der Waals surface area contributed by atoms with Gasteiger partial charge in [-0.05, 0) is 29.8 Å². The Bertz CT molecular complexity index is 920. The molecule has 3 rings (SSSR count). The maximum atomic E-state index is 12.1. The van der Waals surface area contributed by atoms with E-state index in [1.165, 1.54) is 6.07 Å². The summed E-state index contributed by atoms with van der Waals surface area (Å²) in [5.74, 6) is 0. The topological polar surface area (TPSA) is 84.2 Å². The number of anilines is 1. The van der Waals surface area contributed by atoms with Gasteiger partial charge in [0.1, 0.15) is 5.69 Å². The first kappa shape index (κ1) is 15.5. The first-order chi connectivity index (χ1) is 11.6. The number of benzene rings is 2. The molecular formula is C18H15N3O3. The number of hydrogen-bond acceptors (Lipinski definition) is 3. The van der Waals surface area contributed by atoms with E-state index < -0.39 is 6.09 Å². The molecule has 0 fully saturated rings. The fourth-order valence-electron chi connectivity index (χ4n) is 2.37. The summed E-state index contributed by atoms with van der Waals surface area (Å²) in [6, 6.07) is 17.9. The number of carbonyl (C=O) groups is 1. The van der Waals surface area contributed by atoms with Crippen LogP contribution in [0.15, 0.2) is 71.7 Å². The first-order valence-electron chi connectivity index (χ1n) is 7.35. The third-order valence-corrected chi connectivity index (χ3v) is 3.45. The van der Waals surface area contributed by atoms with Crippen molar-refractivity contribution in [1.82, 2.24) is 9.78 Å². The highest BCUT2D eigenvalue weighted by Crippen LogP contribution is 2.13. The maximum absolute atomic E-state index is 12.1. The van der Waals surface area contributed by atoms with Crippen molar-refractivity contribution in [1.29, 1.82) is 0 Å². The molecule has 0 radical (unpaired) electrons. The number of aromatic nitrogens is 2. The van der Waals surface area contributed by atoms with Crippen molar-refractivity contribution in [2.75, 3.05) is 5.32 Å². The Balaban J connectivity index is 1.90. The van der Waals surface area contributed by atoms with Crippen molar-refractivity contribution in [3.63, 3.8) is 0 Å². The van der Waals surface area contributed by atoms with Gasteiger partial charge in [-0.15, -0.1) is 0 Å². The van der Waals surface area contributed by atoms with E-state index in [4.69, 9.17) is 5.11 Å². The summed E-state index contributed by atoms with van der Waals surface area (Å²) in [4.78, 5) is 22.8. The van der Waals surface area contributed by atoms with Gasteiger partial charge in [-0.2, -0.15) is 5.10 Å². The minimum absolute atomic E-state index is 0.154. The van der Waals surface area contributed by atoms with Gasteiger partial charge in [0.2, 0.25) is 5.43 Å². The highest BCUT2D eigenvalue weighted by Gasteiger charge is 2.07. The Morgan fingerprint density at radius 3 is 2.62 bits per heavy atom. The molecule has 2 aromatic carbocycles. The van der Waals surface area contributed by atoms with Crippen molar-refractivity contribution in [2.24, 2.45) is 0 Å². The number of rotatable bonds is 4. The van der Waals surface area contributed by atoms with Crippen LogP contribution < -0.4 is 10.7 Å². The molecule has 3 aromatic rings. The lowest BCUT2D eigenvalue weighted by Crippen LogP contribution is -2.16. The molecule has 24 heavy (non-hydrogen) atoms. The van der Waals surface area contributed by atoms with E-state index >= 15 is 0 Å². The number of para-hydroxylation sites is 1. The minimum Gasteiger partial charge on any atom is -0.465 e. The summed E-state index contributed by atoms with van der Waals surface area (Å²) in [6.07, 6.45) is 0.821. The average Bonchev–Trinajstić information content (AvgIpc) is 2.57. The molecule has 0 unspecified atom stereocenters. The Morgan fingerprint density at radius 1 is 1.08 bits per heavy atom. The summed E-state index contributed by atoms with van der Waals surface area (Å²) in [7, 11) is 0. The Morgan fingerprint density at radius 2 is 1.88 bits per heavy atom. The van der Waals surface area contributed by atoms with E-state index in [1.807, 2.05) is 36.4 Å². The molecule has 0 atom stereocenters. The van der Waals surface area contributed by atoms with Crippen molar-refractivity contribution < 1.29 is 9.90 Å². The number of nitrogens with one attached hydrogen (secondary N) is 1. The highest BCUT2D eigenvalue weighted by molar-refractivity contribution is 5.82. The molecule has 1 heterocycles. The Labute approximate surface area is 138 Å². The van der Waals surface area contributed by atoms with Gasteiger partial charge in [-0.25, -0.2) is 9.48 Å². The number of carboxylic acid groups (broad SMARTS) is 1. The van der Waals surface area contributed by atoms with Crippen LogP contribution >= 0.6 is 0 Å². The summed E-state index contributed by atoms with van der Waals surface area (Å²) >= 11 is 0. The molecule has 0 aliphatic rings. The van der Waals surface area contributed by atoms with Crippen LogP contribution in [0.2, 0.25) is 0 Å². The van der Waals surface area contributed by atoms with Gasteiger partial charge in [-0.3, -0.25) is 10.1 Å². The lowest BCUT2D eigenvalue weighted by molar-refractivity contribution is 0.210. The first-order valence-corrected chi connectivity index (χ1v) is 7.35. The van der Waals surface area contributed by atoms with Crippen LogP contribution in [-0.4, -0.2) is 21.0 Å². The Hall–Kier alpha value is -3.41. The zero-order valence-corrected chi connectivity index (χ0v) is 12.7. The molecule has 0 spiro atoms.